The molecular weight excluding hydrogens is 604 g/mol. The quantitative estimate of drug-likeness (QED) is 0.0464. The SMILES string of the molecule is CCCCCCCCCCCCCC(=O)OC[C@@H](CO[C@H]1O[C@H](CO)[C@@H](O)[C@H](O)[C@H]1O)OC(=O)CCCCCCCCCCCCC. The van der Waals surface area contributed by atoms with Crippen molar-refractivity contribution in [3.8, 4) is 0 Å². The van der Waals surface area contributed by atoms with Crippen LogP contribution in [-0.4, -0.2) is 89.0 Å². The topological polar surface area (TPSA) is 152 Å². The lowest BCUT2D eigenvalue weighted by atomic mass is 9.99. The summed E-state index contributed by atoms with van der Waals surface area (Å²) >= 11 is 0. The molecule has 1 saturated heterocycles. The lowest BCUT2D eigenvalue weighted by molar-refractivity contribution is -0.305. The summed E-state index contributed by atoms with van der Waals surface area (Å²) in [5.74, 6) is -0.801. The number of carbonyl (C=O) groups excluding carboxylic acids is 2. The molecule has 278 valence electrons. The van der Waals surface area contributed by atoms with Crippen LogP contribution in [0.1, 0.15) is 168 Å². The van der Waals surface area contributed by atoms with E-state index in [1.54, 1.807) is 0 Å². The molecule has 0 bridgehead atoms. The van der Waals surface area contributed by atoms with Crippen molar-refractivity contribution in [3.05, 3.63) is 0 Å². The summed E-state index contributed by atoms with van der Waals surface area (Å²) in [5.41, 5.74) is 0. The van der Waals surface area contributed by atoms with Crippen LogP contribution in [0.15, 0.2) is 0 Å². The van der Waals surface area contributed by atoms with Crippen LogP contribution in [0.2, 0.25) is 0 Å². The Morgan fingerprint density at radius 1 is 0.574 bits per heavy atom. The number of aliphatic hydroxyl groups excluding tert-OH is 4. The van der Waals surface area contributed by atoms with Gasteiger partial charge in [0.05, 0.1) is 13.2 Å². The van der Waals surface area contributed by atoms with Gasteiger partial charge >= 0.3 is 11.9 Å². The van der Waals surface area contributed by atoms with Crippen LogP contribution in [-0.2, 0) is 28.5 Å². The number of aliphatic hydroxyl groups is 4. The van der Waals surface area contributed by atoms with Crippen molar-refractivity contribution in [2.24, 2.45) is 0 Å². The molecule has 1 heterocycles. The average molecular weight is 675 g/mol. The smallest absolute Gasteiger partial charge is 0.306 e. The first-order valence-electron chi connectivity index (χ1n) is 19.1. The van der Waals surface area contributed by atoms with E-state index in [1.807, 2.05) is 0 Å². The summed E-state index contributed by atoms with van der Waals surface area (Å²) in [6.45, 7) is 3.39. The molecule has 0 amide bonds. The van der Waals surface area contributed by atoms with E-state index in [-0.39, 0.29) is 32.0 Å². The standard InChI is InChI=1S/C37H70O10/c1-3-5-7-9-11-13-15-17-19-21-23-25-32(39)44-28-30(29-45-37-36(43)35(42)34(41)31(27-38)47-37)46-33(40)26-24-22-20-18-16-14-12-10-8-6-4-2/h30-31,34-38,41-43H,3-29H2,1-2H3/t30-,31+,34+,35-,36+,37-/m0/s1. The molecule has 6 atom stereocenters. The summed E-state index contributed by atoms with van der Waals surface area (Å²) in [6.07, 6.45) is 18.3. The molecule has 0 aromatic rings. The largest absolute Gasteiger partial charge is 0.462 e. The van der Waals surface area contributed by atoms with Gasteiger partial charge in [0.15, 0.2) is 12.4 Å². The molecule has 1 rings (SSSR count). The zero-order valence-electron chi connectivity index (χ0n) is 29.8. The molecule has 0 aromatic carbocycles. The highest BCUT2D eigenvalue weighted by molar-refractivity contribution is 5.70. The van der Waals surface area contributed by atoms with Gasteiger partial charge in [-0.05, 0) is 12.8 Å². The third-order valence-corrected chi connectivity index (χ3v) is 8.99. The van der Waals surface area contributed by atoms with Crippen molar-refractivity contribution in [2.45, 2.75) is 205 Å². The molecule has 4 N–H and O–H groups in total. The minimum atomic E-state index is -1.59. The van der Waals surface area contributed by atoms with Gasteiger partial charge in [0.2, 0.25) is 0 Å². The van der Waals surface area contributed by atoms with E-state index >= 15 is 0 Å². The molecule has 0 aliphatic carbocycles. The number of rotatable bonds is 31. The number of hydrogen-bond donors (Lipinski definition) is 4. The van der Waals surface area contributed by atoms with Gasteiger partial charge in [-0.2, -0.15) is 0 Å². The van der Waals surface area contributed by atoms with Crippen molar-refractivity contribution in [1.82, 2.24) is 0 Å². The predicted octanol–water partition coefficient (Wildman–Crippen LogP) is 6.66. The molecule has 0 aromatic heterocycles. The van der Waals surface area contributed by atoms with Crippen molar-refractivity contribution in [2.75, 3.05) is 19.8 Å². The first-order chi connectivity index (χ1) is 22.8. The molecular formula is C37H70O10. The highest BCUT2D eigenvalue weighted by Gasteiger charge is 2.44. The second kappa shape index (κ2) is 29.6. The Morgan fingerprint density at radius 2 is 1.00 bits per heavy atom. The molecule has 1 aliphatic heterocycles. The van der Waals surface area contributed by atoms with E-state index in [0.717, 1.165) is 38.5 Å². The predicted molar refractivity (Wildman–Crippen MR) is 183 cm³/mol. The first kappa shape index (κ1) is 43.7. The molecule has 1 aliphatic rings. The van der Waals surface area contributed by atoms with Crippen LogP contribution in [0.4, 0.5) is 0 Å². The zero-order chi connectivity index (χ0) is 34.5. The second-order valence-electron chi connectivity index (χ2n) is 13.4. The molecule has 0 spiro atoms. The molecule has 0 saturated carbocycles. The van der Waals surface area contributed by atoms with Gasteiger partial charge in [0.25, 0.3) is 0 Å². The van der Waals surface area contributed by atoms with Crippen molar-refractivity contribution < 1.29 is 49.0 Å². The lowest BCUT2D eigenvalue weighted by Crippen LogP contribution is -2.59. The number of unbranched alkanes of at least 4 members (excludes halogenated alkanes) is 20. The number of esters is 2. The van der Waals surface area contributed by atoms with Crippen LogP contribution < -0.4 is 0 Å². The van der Waals surface area contributed by atoms with Crippen molar-refractivity contribution >= 4 is 11.9 Å². The molecule has 0 radical (unpaired) electrons. The molecule has 10 nitrogen and oxygen atoms in total. The maximum atomic E-state index is 12.6. The van der Waals surface area contributed by atoms with E-state index in [4.69, 9.17) is 18.9 Å². The summed E-state index contributed by atoms with van der Waals surface area (Å²) < 4.78 is 22.0. The Kier molecular flexibility index (Phi) is 27.5. The Hall–Kier alpha value is -1.30. The van der Waals surface area contributed by atoms with Crippen LogP contribution in [0, 0.1) is 0 Å². The van der Waals surface area contributed by atoms with Crippen molar-refractivity contribution in [3.63, 3.8) is 0 Å². The van der Waals surface area contributed by atoms with Gasteiger partial charge in [0, 0.05) is 12.8 Å². The van der Waals surface area contributed by atoms with Gasteiger partial charge in [-0.15, -0.1) is 0 Å². The van der Waals surface area contributed by atoms with Crippen molar-refractivity contribution in [1.29, 1.82) is 0 Å². The zero-order valence-corrected chi connectivity index (χ0v) is 29.8. The molecule has 0 unspecified atom stereocenters. The Bertz CT molecular complexity index is 749. The van der Waals surface area contributed by atoms with Crippen LogP contribution in [0.25, 0.3) is 0 Å². The lowest BCUT2D eigenvalue weighted by Gasteiger charge is -2.39. The van der Waals surface area contributed by atoms with E-state index in [0.29, 0.717) is 6.42 Å². The molecule has 10 heteroatoms. The summed E-state index contributed by atoms with van der Waals surface area (Å²) in [5, 5.41) is 39.8. The van der Waals surface area contributed by atoms with Gasteiger partial charge in [-0.3, -0.25) is 9.59 Å². The van der Waals surface area contributed by atoms with Gasteiger partial charge in [-0.1, -0.05) is 142 Å². The van der Waals surface area contributed by atoms with E-state index in [2.05, 4.69) is 13.8 Å². The Balaban J connectivity index is 2.40. The number of carbonyl (C=O) groups is 2. The normalized spacial score (nSPS) is 21.9. The van der Waals surface area contributed by atoms with Gasteiger partial charge in [0.1, 0.15) is 31.0 Å². The fraction of sp³-hybridized carbons (Fsp3) is 0.946. The summed E-state index contributed by atoms with van der Waals surface area (Å²) in [6, 6.07) is 0. The van der Waals surface area contributed by atoms with Crippen LogP contribution >= 0.6 is 0 Å². The highest BCUT2D eigenvalue weighted by atomic mass is 16.7. The minimum Gasteiger partial charge on any atom is -0.462 e. The first-order valence-corrected chi connectivity index (χ1v) is 19.1. The highest BCUT2D eigenvalue weighted by Crippen LogP contribution is 2.22. The van der Waals surface area contributed by atoms with E-state index < -0.39 is 49.4 Å². The average Bonchev–Trinajstić information content (AvgIpc) is 3.06. The van der Waals surface area contributed by atoms with Crippen LogP contribution in [0.5, 0.6) is 0 Å². The third kappa shape index (κ3) is 22.1. The van der Waals surface area contributed by atoms with E-state index in [1.165, 1.54) is 96.3 Å². The Morgan fingerprint density at radius 3 is 1.45 bits per heavy atom. The number of ether oxygens (including phenoxy) is 4. The fourth-order valence-electron chi connectivity index (χ4n) is 5.89. The second-order valence-corrected chi connectivity index (χ2v) is 13.4. The maximum Gasteiger partial charge on any atom is 0.306 e. The fourth-order valence-corrected chi connectivity index (χ4v) is 5.89. The molecule has 47 heavy (non-hydrogen) atoms. The molecule has 1 fully saturated rings. The van der Waals surface area contributed by atoms with Gasteiger partial charge in [-0.25, -0.2) is 0 Å². The minimum absolute atomic E-state index is 0.210. The van der Waals surface area contributed by atoms with Gasteiger partial charge < -0.3 is 39.4 Å². The summed E-state index contributed by atoms with van der Waals surface area (Å²) in [7, 11) is 0. The summed E-state index contributed by atoms with van der Waals surface area (Å²) in [4.78, 5) is 25.1. The third-order valence-electron chi connectivity index (χ3n) is 8.99. The maximum absolute atomic E-state index is 12.6. The Labute approximate surface area is 285 Å². The monoisotopic (exact) mass is 674 g/mol. The van der Waals surface area contributed by atoms with E-state index in [9.17, 15) is 30.0 Å². The number of hydrogen-bond acceptors (Lipinski definition) is 10. The van der Waals surface area contributed by atoms with Crippen LogP contribution in [0.3, 0.4) is 0 Å².